The first-order valence-corrected chi connectivity index (χ1v) is 7.89. The molecule has 3 heterocycles. The molecule has 9 heteroatoms. The van der Waals surface area contributed by atoms with Crippen LogP contribution in [0.25, 0.3) is 23.2 Å². The van der Waals surface area contributed by atoms with E-state index in [4.69, 9.17) is 0 Å². The minimum Gasteiger partial charge on any atom is -0.478 e. The summed E-state index contributed by atoms with van der Waals surface area (Å²) < 4.78 is 29.0. The maximum absolute atomic E-state index is 13.0. The van der Waals surface area contributed by atoms with Crippen molar-refractivity contribution in [2.45, 2.75) is 26.3 Å². The number of fused-ring (bicyclic) bond motifs is 1. The van der Waals surface area contributed by atoms with E-state index in [2.05, 4.69) is 15.2 Å². The zero-order valence-corrected chi connectivity index (χ0v) is 14.4. The van der Waals surface area contributed by atoms with E-state index < -0.39 is 12.4 Å². The van der Waals surface area contributed by atoms with E-state index in [1.807, 2.05) is 13.8 Å². The third-order valence-electron chi connectivity index (χ3n) is 3.83. The Bertz CT molecular complexity index is 1000. The van der Waals surface area contributed by atoms with Crippen molar-refractivity contribution in [2.24, 2.45) is 7.05 Å². The summed E-state index contributed by atoms with van der Waals surface area (Å²) >= 11 is 0. The summed E-state index contributed by atoms with van der Waals surface area (Å²) in [6, 6.07) is 1.39. The number of hydrogen-bond acceptors (Lipinski definition) is 4. The second-order valence-corrected chi connectivity index (χ2v) is 6.10. The van der Waals surface area contributed by atoms with Gasteiger partial charge >= 0.3 is 5.97 Å². The van der Waals surface area contributed by atoms with E-state index in [1.165, 1.54) is 35.3 Å². The highest BCUT2D eigenvalue weighted by molar-refractivity contribution is 6.02. The van der Waals surface area contributed by atoms with Crippen LogP contribution in [0, 0.1) is 0 Å². The first-order valence-electron chi connectivity index (χ1n) is 7.89. The van der Waals surface area contributed by atoms with Gasteiger partial charge in [0.25, 0.3) is 6.43 Å². The van der Waals surface area contributed by atoms with Crippen molar-refractivity contribution < 1.29 is 18.7 Å². The molecule has 3 aromatic heterocycles. The number of aryl methyl sites for hydroxylation is 1. The Morgan fingerprint density at radius 3 is 2.65 bits per heavy atom. The number of pyridine rings is 1. The Kier molecular flexibility index (Phi) is 4.54. The average Bonchev–Trinajstić information content (AvgIpc) is 3.15. The molecule has 136 valence electrons. The van der Waals surface area contributed by atoms with Gasteiger partial charge in [-0.15, -0.1) is 0 Å². The molecule has 0 atom stereocenters. The van der Waals surface area contributed by atoms with Crippen LogP contribution in [0.4, 0.5) is 8.78 Å². The number of rotatable bonds is 5. The number of carboxylic acid groups (broad SMARTS) is 1. The molecule has 0 aromatic carbocycles. The van der Waals surface area contributed by atoms with Crippen LogP contribution in [-0.4, -0.2) is 35.6 Å². The number of nitrogens with zero attached hydrogens (tertiary/aromatic N) is 5. The molecule has 0 aliphatic carbocycles. The molecule has 0 aliphatic rings. The normalized spacial score (nSPS) is 12.1. The number of alkyl halides is 2. The van der Waals surface area contributed by atoms with Crippen LogP contribution >= 0.6 is 0 Å². The summed E-state index contributed by atoms with van der Waals surface area (Å²) in [5.74, 6) is -1.11. The van der Waals surface area contributed by atoms with Crippen LogP contribution in [0.5, 0.6) is 0 Å². The summed E-state index contributed by atoms with van der Waals surface area (Å²) in [5.41, 5.74) is 0.733. The number of carboxylic acids is 1. The van der Waals surface area contributed by atoms with Crippen LogP contribution in [0.1, 0.15) is 53.6 Å². The molecule has 3 aromatic rings. The smallest absolute Gasteiger partial charge is 0.336 e. The monoisotopic (exact) mass is 361 g/mol. The number of aromatic nitrogens is 5. The lowest BCUT2D eigenvalue weighted by atomic mass is 10.1. The van der Waals surface area contributed by atoms with E-state index in [9.17, 15) is 18.7 Å². The zero-order chi connectivity index (χ0) is 19.0. The fourth-order valence-corrected chi connectivity index (χ4v) is 2.67. The molecule has 0 saturated carbocycles. The SMILES string of the molecule is CC(C)n1ncc2c(C(=O)O)cc(/C=C/c3cn(C)nc3C(F)F)nc21. The highest BCUT2D eigenvalue weighted by atomic mass is 19.3. The molecule has 0 aliphatic heterocycles. The molecule has 0 radical (unpaired) electrons. The van der Waals surface area contributed by atoms with Gasteiger partial charge < -0.3 is 5.11 Å². The van der Waals surface area contributed by atoms with E-state index in [-0.39, 0.29) is 22.9 Å². The van der Waals surface area contributed by atoms with E-state index in [0.29, 0.717) is 16.7 Å². The Labute approximate surface area is 147 Å². The van der Waals surface area contributed by atoms with Gasteiger partial charge in [0.15, 0.2) is 5.65 Å². The van der Waals surface area contributed by atoms with Crippen LogP contribution < -0.4 is 0 Å². The molecule has 26 heavy (non-hydrogen) atoms. The Morgan fingerprint density at radius 2 is 2.04 bits per heavy atom. The van der Waals surface area contributed by atoms with E-state index in [1.54, 1.807) is 11.7 Å². The summed E-state index contributed by atoms with van der Waals surface area (Å²) in [4.78, 5) is 16.0. The Morgan fingerprint density at radius 1 is 1.31 bits per heavy atom. The molecular weight excluding hydrogens is 344 g/mol. The average molecular weight is 361 g/mol. The molecule has 1 N–H and O–H groups in total. The van der Waals surface area contributed by atoms with Crippen LogP contribution in [0.2, 0.25) is 0 Å². The standard InChI is InChI=1S/C17H17F2N5O2/c1-9(2)24-16-13(7-20-24)12(17(25)26)6-11(21-16)5-4-10-8-23(3)22-14(10)15(18)19/h4-9,15H,1-3H3,(H,25,26)/b5-4+. The first kappa shape index (κ1) is 17.7. The second kappa shape index (κ2) is 6.66. The van der Waals surface area contributed by atoms with Gasteiger partial charge in [-0.1, -0.05) is 0 Å². The fraction of sp³-hybridized carbons (Fsp3) is 0.294. The van der Waals surface area contributed by atoms with Crippen LogP contribution in [-0.2, 0) is 7.05 Å². The molecule has 0 saturated heterocycles. The number of aromatic carboxylic acids is 1. The number of hydrogen-bond donors (Lipinski definition) is 1. The highest BCUT2D eigenvalue weighted by Crippen LogP contribution is 2.24. The Hall–Kier alpha value is -3.10. The van der Waals surface area contributed by atoms with Gasteiger partial charge in [0, 0.05) is 24.8 Å². The third kappa shape index (κ3) is 3.19. The molecule has 7 nitrogen and oxygen atoms in total. The van der Waals surface area contributed by atoms with Gasteiger partial charge in [-0.25, -0.2) is 23.2 Å². The van der Waals surface area contributed by atoms with Gasteiger partial charge in [0.2, 0.25) is 0 Å². The molecular formula is C17H17F2N5O2. The molecule has 0 amide bonds. The summed E-state index contributed by atoms with van der Waals surface area (Å²) in [6.45, 7) is 3.81. The predicted octanol–water partition coefficient (Wildman–Crippen LogP) is 3.55. The van der Waals surface area contributed by atoms with Crippen molar-refractivity contribution in [1.29, 1.82) is 0 Å². The molecule has 3 rings (SSSR count). The molecule has 0 spiro atoms. The predicted molar refractivity (Wildman–Crippen MR) is 92.0 cm³/mol. The van der Waals surface area contributed by atoms with Gasteiger partial charge in [-0.2, -0.15) is 10.2 Å². The van der Waals surface area contributed by atoms with Crippen LogP contribution in [0.3, 0.4) is 0 Å². The van der Waals surface area contributed by atoms with E-state index >= 15 is 0 Å². The van der Waals surface area contributed by atoms with Crippen molar-refractivity contribution in [3.8, 4) is 0 Å². The summed E-state index contributed by atoms with van der Waals surface area (Å²) in [6.07, 6.45) is 3.17. The van der Waals surface area contributed by atoms with Crippen molar-refractivity contribution in [3.05, 3.63) is 41.0 Å². The minimum absolute atomic E-state index is 0.00960. The topological polar surface area (TPSA) is 85.8 Å². The quantitative estimate of drug-likeness (QED) is 0.751. The highest BCUT2D eigenvalue weighted by Gasteiger charge is 2.18. The van der Waals surface area contributed by atoms with Crippen LogP contribution in [0.15, 0.2) is 18.5 Å². The zero-order valence-electron chi connectivity index (χ0n) is 14.4. The lowest BCUT2D eigenvalue weighted by Gasteiger charge is -2.07. The number of halogens is 2. The van der Waals surface area contributed by atoms with Gasteiger partial charge in [0.05, 0.1) is 22.8 Å². The van der Waals surface area contributed by atoms with E-state index in [0.717, 1.165) is 0 Å². The second-order valence-electron chi connectivity index (χ2n) is 6.10. The first-order chi connectivity index (χ1) is 12.3. The molecule has 0 fully saturated rings. The fourth-order valence-electron chi connectivity index (χ4n) is 2.67. The minimum atomic E-state index is -2.71. The number of carbonyl (C=O) groups is 1. The maximum Gasteiger partial charge on any atom is 0.336 e. The summed E-state index contributed by atoms with van der Waals surface area (Å²) in [5, 5.41) is 17.8. The summed E-state index contributed by atoms with van der Waals surface area (Å²) in [7, 11) is 1.55. The Balaban J connectivity index is 2.10. The lowest BCUT2D eigenvalue weighted by Crippen LogP contribution is -2.05. The van der Waals surface area contributed by atoms with Crippen molar-refractivity contribution in [2.75, 3.05) is 0 Å². The van der Waals surface area contributed by atoms with Gasteiger partial charge in [0.1, 0.15) is 5.69 Å². The lowest BCUT2D eigenvalue weighted by molar-refractivity contribution is 0.0699. The van der Waals surface area contributed by atoms with Gasteiger partial charge in [-0.05, 0) is 32.1 Å². The van der Waals surface area contributed by atoms with Crippen molar-refractivity contribution in [3.63, 3.8) is 0 Å². The maximum atomic E-state index is 13.0. The molecule has 0 bridgehead atoms. The van der Waals surface area contributed by atoms with Gasteiger partial charge in [-0.3, -0.25) is 4.68 Å². The molecule has 0 unspecified atom stereocenters. The third-order valence-corrected chi connectivity index (χ3v) is 3.83. The van der Waals surface area contributed by atoms with Crippen molar-refractivity contribution >= 4 is 29.2 Å². The largest absolute Gasteiger partial charge is 0.478 e. The van der Waals surface area contributed by atoms with Crippen molar-refractivity contribution in [1.82, 2.24) is 24.5 Å².